The summed E-state index contributed by atoms with van der Waals surface area (Å²) >= 11 is 5.82. The van der Waals surface area contributed by atoms with E-state index in [0.29, 0.717) is 10.6 Å². The van der Waals surface area contributed by atoms with Gasteiger partial charge in [-0.05, 0) is 42.3 Å². The number of benzene rings is 2. The zero-order chi connectivity index (χ0) is 19.8. The van der Waals surface area contributed by atoms with Gasteiger partial charge in [-0.15, -0.1) is 0 Å². The maximum Gasteiger partial charge on any atom is 0.387 e. The lowest BCUT2D eigenvalue weighted by Crippen LogP contribution is -2.31. The van der Waals surface area contributed by atoms with Crippen molar-refractivity contribution in [2.24, 2.45) is 0 Å². The third-order valence-corrected chi connectivity index (χ3v) is 3.86. The molecule has 8 heteroatoms. The van der Waals surface area contributed by atoms with Gasteiger partial charge in [0.2, 0.25) is 0 Å². The van der Waals surface area contributed by atoms with Crippen molar-refractivity contribution in [3.8, 4) is 5.75 Å². The van der Waals surface area contributed by atoms with Crippen molar-refractivity contribution in [2.45, 2.75) is 26.0 Å². The lowest BCUT2D eigenvalue weighted by atomic mass is 10.1. The Kier molecular flexibility index (Phi) is 7.55. The molecule has 0 heterocycles. The summed E-state index contributed by atoms with van der Waals surface area (Å²) in [5.74, 6) is -1.05. The van der Waals surface area contributed by atoms with E-state index >= 15 is 0 Å². The Hall–Kier alpha value is -2.67. The molecule has 0 spiro atoms. The molecule has 2 aromatic rings. The van der Waals surface area contributed by atoms with Crippen LogP contribution in [0, 0.1) is 0 Å². The van der Waals surface area contributed by atoms with Crippen LogP contribution in [0.25, 0.3) is 0 Å². The molecule has 2 aromatic carbocycles. The van der Waals surface area contributed by atoms with Crippen molar-refractivity contribution in [1.29, 1.82) is 0 Å². The van der Waals surface area contributed by atoms with Gasteiger partial charge in [-0.2, -0.15) is 8.78 Å². The Balaban J connectivity index is 1.75. The van der Waals surface area contributed by atoms with Crippen LogP contribution in [0.5, 0.6) is 5.75 Å². The van der Waals surface area contributed by atoms with E-state index in [0.717, 1.165) is 5.56 Å². The summed E-state index contributed by atoms with van der Waals surface area (Å²) in [6, 6.07) is 12.4. The van der Waals surface area contributed by atoms with Crippen LogP contribution in [0.1, 0.15) is 24.1 Å². The van der Waals surface area contributed by atoms with E-state index in [9.17, 15) is 18.4 Å². The lowest BCUT2D eigenvalue weighted by molar-refractivity contribution is -0.148. The topological polar surface area (TPSA) is 64.6 Å². The Morgan fingerprint density at radius 3 is 2.30 bits per heavy atom. The monoisotopic (exact) mass is 397 g/mol. The molecule has 1 amide bonds. The normalized spacial score (nSPS) is 11.7. The molecule has 0 saturated heterocycles. The molecule has 144 valence electrons. The van der Waals surface area contributed by atoms with Crippen molar-refractivity contribution < 1.29 is 27.8 Å². The molecule has 5 nitrogen and oxygen atoms in total. The highest BCUT2D eigenvalue weighted by Crippen LogP contribution is 2.16. The van der Waals surface area contributed by atoms with Crippen LogP contribution < -0.4 is 10.1 Å². The molecule has 0 bridgehead atoms. The predicted octanol–water partition coefficient (Wildman–Crippen LogP) is 3.90. The summed E-state index contributed by atoms with van der Waals surface area (Å²) < 4.78 is 33.3. The van der Waals surface area contributed by atoms with Crippen molar-refractivity contribution in [2.75, 3.05) is 6.61 Å². The number of ether oxygens (including phenoxy) is 2. The highest BCUT2D eigenvalue weighted by molar-refractivity contribution is 6.30. The molecule has 0 aliphatic rings. The van der Waals surface area contributed by atoms with Crippen LogP contribution in [-0.4, -0.2) is 25.1 Å². The van der Waals surface area contributed by atoms with Crippen molar-refractivity contribution >= 4 is 23.5 Å². The SMILES string of the molecule is CC(NC(=O)COC(=O)Cc1ccc(OC(F)F)cc1)c1ccc(Cl)cc1. The predicted molar refractivity (Wildman–Crippen MR) is 95.7 cm³/mol. The second-order valence-corrected chi connectivity index (χ2v) is 6.14. The van der Waals surface area contributed by atoms with Gasteiger partial charge < -0.3 is 14.8 Å². The molecule has 1 atom stereocenters. The molecule has 1 unspecified atom stereocenters. The maximum atomic E-state index is 12.1. The smallest absolute Gasteiger partial charge is 0.387 e. The minimum Gasteiger partial charge on any atom is -0.455 e. The molecule has 2 rings (SSSR count). The van der Waals surface area contributed by atoms with Crippen LogP contribution in [-0.2, 0) is 20.7 Å². The number of halogens is 3. The summed E-state index contributed by atoms with van der Waals surface area (Å²) in [6.07, 6.45) is -0.0883. The van der Waals surface area contributed by atoms with Gasteiger partial charge in [0.15, 0.2) is 6.61 Å². The average Bonchev–Trinajstić information content (AvgIpc) is 2.62. The maximum absolute atomic E-state index is 12.1. The number of nitrogens with one attached hydrogen (secondary N) is 1. The number of rotatable bonds is 8. The standard InChI is InChI=1S/C19H18ClF2NO4/c1-12(14-4-6-15(20)7-5-14)23-17(24)11-26-18(25)10-13-2-8-16(9-3-13)27-19(21)22/h2-9,12,19H,10-11H2,1H3,(H,23,24). The van der Waals surface area contributed by atoms with Crippen LogP contribution in [0.3, 0.4) is 0 Å². The number of amides is 1. The molecule has 0 aromatic heterocycles. The molecule has 27 heavy (non-hydrogen) atoms. The van der Waals surface area contributed by atoms with Gasteiger partial charge in [0, 0.05) is 5.02 Å². The largest absolute Gasteiger partial charge is 0.455 e. The highest BCUT2D eigenvalue weighted by Gasteiger charge is 2.13. The van der Waals surface area contributed by atoms with Crippen molar-refractivity contribution in [1.82, 2.24) is 5.32 Å². The van der Waals surface area contributed by atoms with Crippen molar-refractivity contribution in [3.63, 3.8) is 0 Å². The van der Waals surface area contributed by atoms with E-state index in [-0.39, 0.29) is 18.2 Å². The van der Waals surface area contributed by atoms with Crippen LogP contribution in [0.2, 0.25) is 5.02 Å². The second kappa shape index (κ2) is 9.87. The van der Waals surface area contributed by atoms with Gasteiger partial charge in [0.1, 0.15) is 5.75 Å². The van der Waals surface area contributed by atoms with Crippen LogP contribution in [0.4, 0.5) is 8.78 Å². The number of esters is 1. The fourth-order valence-corrected chi connectivity index (χ4v) is 2.40. The molecule has 1 N–H and O–H groups in total. The first-order chi connectivity index (χ1) is 12.8. The summed E-state index contributed by atoms with van der Waals surface area (Å²) in [5.41, 5.74) is 1.42. The van der Waals surface area contributed by atoms with E-state index in [2.05, 4.69) is 10.1 Å². The first-order valence-electron chi connectivity index (χ1n) is 8.07. The second-order valence-electron chi connectivity index (χ2n) is 5.70. The Morgan fingerprint density at radius 2 is 1.70 bits per heavy atom. The minimum absolute atomic E-state index is 0.00215. The Morgan fingerprint density at radius 1 is 1.07 bits per heavy atom. The molecular formula is C19H18ClF2NO4. The van der Waals surface area contributed by atoms with Gasteiger partial charge in [0.05, 0.1) is 12.5 Å². The molecule has 0 radical (unpaired) electrons. The average molecular weight is 398 g/mol. The zero-order valence-corrected chi connectivity index (χ0v) is 15.2. The molecule has 0 aliphatic carbocycles. The molecule has 0 saturated carbocycles. The van der Waals surface area contributed by atoms with E-state index in [4.69, 9.17) is 16.3 Å². The van der Waals surface area contributed by atoms with E-state index in [1.807, 2.05) is 0 Å². The Bertz CT molecular complexity index is 766. The number of hydrogen-bond acceptors (Lipinski definition) is 4. The van der Waals surface area contributed by atoms with Crippen LogP contribution in [0.15, 0.2) is 48.5 Å². The molecule has 0 aliphatic heterocycles. The number of carbonyl (C=O) groups is 2. The summed E-state index contributed by atoms with van der Waals surface area (Å²) in [4.78, 5) is 23.7. The van der Waals surface area contributed by atoms with Gasteiger partial charge in [-0.25, -0.2) is 0 Å². The van der Waals surface area contributed by atoms with Gasteiger partial charge in [-0.1, -0.05) is 35.9 Å². The first-order valence-corrected chi connectivity index (χ1v) is 8.45. The van der Waals surface area contributed by atoms with Crippen molar-refractivity contribution in [3.05, 3.63) is 64.7 Å². The fraction of sp³-hybridized carbons (Fsp3) is 0.263. The van der Waals surface area contributed by atoms with Gasteiger partial charge >= 0.3 is 12.6 Å². The third kappa shape index (κ3) is 7.22. The quantitative estimate of drug-likeness (QED) is 0.686. The number of hydrogen-bond donors (Lipinski definition) is 1. The Labute approximate surface area is 160 Å². The molecule has 0 fully saturated rings. The van der Waals surface area contributed by atoms with Gasteiger partial charge in [-0.3, -0.25) is 9.59 Å². The highest BCUT2D eigenvalue weighted by atomic mass is 35.5. The first kappa shape index (κ1) is 20.6. The van der Waals surface area contributed by atoms with E-state index in [1.54, 1.807) is 31.2 Å². The number of carbonyl (C=O) groups excluding carboxylic acids is 2. The minimum atomic E-state index is -2.91. The fourth-order valence-electron chi connectivity index (χ4n) is 2.27. The summed E-state index contributed by atoms with van der Waals surface area (Å²) in [7, 11) is 0. The zero-order valence-electron chi connectivity index (χ0n) is 14.5. The lowest BCUT2D eigenvalue weighted by Gasteiger charge is -2.14. The van der Waals surface area contributed by atoms with Crippen LogP contribution >= 0.6 is 11.6 Å². The van der Waals surface area contributed by atoms with E-state index < -0.39 is 25.1 Å². The summed E-state index contributed by atoms with van der Waals surface area (Å²) in [6.45, 7) is -1.52. The number of alkyl halides is 2. The van der Waals surface area contributed by atoms with E-state index in [1.165, 1.54) is 24.3 Å². The molecular weight excluding hydrogens is 380 g/mol. The third-order valence-electron chi connectivity index (χ3n) is 3.61. The van der Waals surface area contributed by atoms with Gasteiger partial charge in [0.25, 0.3) is 5.91 Å². The summed E-state index contributed by atoms with van der Waals surface area (Å²) in [5, 5.41) is 3.31.